The van der Waals surface area contributed by atoms with Gasteiger partial charge in [0.2, 0.25) is 0 Å². The first-order valence-electron chi connectivity index (χ1n) is 23.4. The van der Waals surface area contributed by atoms with E-state index in [0.717, 1.165) is 103 Å². The summed E-state index contributed by atoms with van der Waals surface area (Å²) < 4.78 is 69.9. The Labute approximate surface area is 353 Å². The fourth-order valence-corrected chi connectivity index (χ4v) is 16.4. The van der Waals surface area contributed by atoms with Gasteiger partial charge in [0.1, 0.15) is 36.0 Å². The molecule has 6 saturated carbocycles. The van der Waals surface area contributed by atoms with E-state index in [0.29, 0.717) is 50.1 Å². The highest BCUT2D eigenvalue weighted by Gasteiger charge is 2.81. The van der Waals surface area contributed by atoms with Crippen molar-refractivity contribution in [3.8, 4) is 0 Å². The second kappa shape index (κ2) is 14.3. The average molecular weight is 827 g/mol. The van der Waals surface area contributed by atoms with Crippen LogP contribution < -0.4 is 0 Å². The highest BCUT2D eigenvalue weighted by molar-refractivity contribution is 5.45. The summed E-state index contributed by atoms with van der Waals surface area (Å²) in [7, 11) is 7.10. The lowest BCUT2D eigenvalue weighted by molar-refractivity contribution is -0.230. The van der Waals surface area contributed by atoms with Crippen molar-refractivity contribution in [1.82, 2.24) is 0 Å². The SMILES string of the molecule is CCO[C@]1(COCOCOC[C@]2(OCC)CCC3C4CC[C@@]56CC(OC)(OC)CC[C@@]5(O6)C4=CC[C@@]32C)CCC2C3CC[C@]45CC(OC)(OC)CC[C@]4(O5)C3=CC[C@@]21C. The Morgan fingerprint density at radius 3 is 1.36 bits per heavy atom. The Bertz CT molecular complexity index is 1570. The smallest absolute Gasteiger partial charge is 0.170 e. The molecule has 0 bridgehead atoms. The zero-order chi connectivity index (χ0) is 41.2. The van der Waals surface area contributed by atoms with Crippen molar-refractivity contribution in [2.24, 2.45) is 34.5 Å². The molecule has 0 radical (unpaired) electrons. The molecule has 2 heterocycles. The molecule has 11 heteroatoms. The molecule has 2 aliphatic heterocycles. The molecule has 10 rings (SSSR count). The van der Waals surface area contributed by atoms with Crippen LogP contribution in [0, 0.1) is 34.5 Å². The number of hydrogen-bond acceptors (Lipinski definition) is 11. The Morgan fingerprint density at radius 2 is 0.966 bits per heavy atom. The average Bonchev–Trinajstić information content (AvgIpc) is 4.07. The summed E-state index contributed by atoms with van der Waals surface area (Å²) in [5, 5.41) is 0. The van der Waals surface area contributed by atoms with Crippen LogP contribution in [-0.4, -0.2) is 114 Å². The van der Waals surface area contributed by atoms with Crippen LogP contribution in [0.3, 0.4) is 0 Å². The molecule has 0 spiro atoms. The summed E-state index contributed by atoms with van der Waals surface area (Å²) in [5.41, 5.74) is 1.78. The van der Waals surface area contributed by atoms with Gasteiger partial charge in [-0.05, 0) is 126 Å². The molecule has 0 aromatic heterocycles. The molecular weight excluding hydrogens is 753 g/mol. The van der Waals surface area contributed by atoms with E-state index in [-0.39, 0.29) is 58.0 Å². The van der Waals surface area contributed by atoms with Crippen molar-refractivity contribution in [2.45, 2.75) is 176 Å². The molecular formula is C48H74O11. The largest absolute Gasteiger partial charge is 0.372 e. The van der Waals surface area contributed by atoms with Crippen LogP contribution in [0.15, 0.2) is 23.3 Å². The van der Waals surface area contributed by atoms with Crippen molar-refractivity contribution in [1.29, 1.82) is 0 Å². The second-order valence-electron chi connectivity index (χ2n) is 21.0. The van der Waals surface area contributed by atoms with Crippen molar-refractivity contribution in [3.63, 3.8) is 0 Å². The van der Waals surface area contributed by atoms with E-state index in [4.69, 9.17) is 52.1 Å². The van der Waals surface area contributed by atoms with E-state index in [1.165, 1.54) is 0 Å². The van der Waals surface area contributed by atoms with Gasteiger partial charge < -0.3 is 52.1 Å². The van der Waals surface area contributed by atoms with Gasteiger partial charge in [-0.3, -0.25) is 0 Å². The number of allylic oxidation sites excluding steroid dienone is 2. The zero-order valence-electron chi connectivity index (χ0n) is 37.5. The first kappa shape index (κ1) is 42.0. The Balaban J connectivity index is 0.753. The number of fused-ring (bicyclic) bond motifs is 6. The molecule has 332 valence electrons. The van der Waals surface area contributed by atoms with Crippen LogP contribution in [0.25, 0.3) is 0 Å². The van der Waals surface area contributed by atoms with Gasteiger partial charge in [-0.15, -0.1) is 0 Å². The standard InChI is InChI=1S/C48H74O11/c1-9-56-43(21-15-35-33-11-19-41-27-45(49-5,50-6)23-25-47(41,58-41)37(33)13-17-39(35,43)3)29-53-31-55-32-54-30-44(57-10-2)22-16-36-34-12-20-42-28-46(51-7,52-8)24-26-48(42,59-42)38(34)14-18-40(36,44)4/h13-14,33-36H,9-12,15-32H2,1-8H3/t33?,34?,35?,36?,39-,40-,41-,42+,43-,44+,47-,48+/m0/s1. The molecule has 0 aromatic carbocycles. The van der Waals surface area contributed by atoms with Crippen LogP contribution in [0.5, 0.6) is 0 Å². The molecule has 10 aliphatic rings. The second-order valence-corrected chi connectivity index (χ2v) is 21.0. The molecule has 2 saturated heterocycles. The third-order valence-electron chi connectivity index (χ3n) is 19.6. The maximum Gasteiger partial charge on any atom is 0.170 e. The van der Waals surface area contributed by atoms with Gasteiger partial charge in [-0.2, -0.15) is 0 Å². The van der Waals surface area contributed by atoms with Crippen LogP contribution in [0.4, 0.5) is 0 Å². The number of methoxy groups -OCH3 is 4. The quantitative estimate of drug-likeness (QED) is 0.0651. The lowest BCUT2D eigenvalue weighted by atomic mass is 9.53. The molecule has 0 N–H and O–H groups in total. The van der Waals surface area contributed by atoms with Crippen LogP contribution in [0.2, 0.25) is 0 Å². The third kappa shape index (κ3) is 5.51. The number of ether oxygens (including phenoxy) is 11. The highest BCUT2D eigenvalue weighted by atomic mass is 16.7. The normalized spacial score (nSPS) is 49.2. The van der Waals surface area contributed by atoms with E-state index in [1.54, 1.807) is 39.6 Å². The predicted octanol–water partition coefficient (Wildman–Crippen LogP) is 8.18. The van der Waals surface area contributed by atoms with E-state index in [2.05, 4.69) is 39.8 Å². The van der Waals surface area contributed by atoms with Gasteiger partial charge in [0, 0.05) is 78.2 Å². The first-order chi connectivity index (χ1) is 28.4. The van der Waals surface area contributed by atoms with Crippen molar-refractivity contribution in [3.05, 3.63) is 23.3 Å². The number of rotatable bonds is 16. The molecule has 12 atom stereocenters. The summed E-state index contributed by atoms with van der Waals surface area (Å²) in [4.78, 5) is 0. The van der Waals surface area contributed by atoms with Crippen molar-refractivity contribution < 1.29 is 52.1 Å². The Hall–Kier alpha value is -0.960. The number of hydrogen-bond donors (Lipinski definition) is 0. The maximum absolute atomic E-state index is 6.84. The summed E-state index contributed by atoms with van der Waals surface area (Å²) in [5.74, 6) is 1.04. The summed E-state index contributed by atoms with van der Waals surface area (Å²) in [6.45, 7) is 11.9. The highest BCUT2D eigenvalue weighted by Crippen LogP contribution is 2.76. The fraction of sp³-hybridized carbons (Fsp3) is 0.917. The van der Waals surface area contributed by atoms with Gasteiger partial charge in [0.05, 0.1) is 24.4 Å². The lowest BCUT2D eigenvalue weighted by Gasteiger charge is -2.53. The molecule has 8 fully saturated rings. The Morgan fingerprint density at radius 1 is 0.542 bits per heavy atom. The molecule has 8 aliphatic carbocycles. The predicted molar refractivity (Wildman–Crippen MR) is 218 cm³/mol. The van der Waals surface area contributed by atoms with Crippen LogP contribution in [0.1, 0.15) is 130 Å². The molecule has 4 unspecified atom stereocenters. The monoisotopic (exact) mass is 827 g/mol. The summed E-state index contributed by atoms with van der Waals surface area (Å²) in [6.07, 6.45) is 21.0. The zero-order valence-corrected chi connectivity index (χ0v) is 37.5. The molecule has 0 amide bonds. The van der Waals surface area contributed by atoms with Gasteiger partial charge in [-0.25, -0.2) is 0 Å². The van der Waals surface area contributed by atoms with Crippen molar-refractivity contribution in [2.75, 3.05) is 68.5 Å². The van der Waals surface area contributed by atoms with Gasteiger partial charge in [-0.1, -0.05) is 26.0 Å². The molecule has 11 nitrogen and oxygen atoms in total. The first-order valence-corrected chi connectivity index (χ1v) is 23.4. The molecule has 0 aromatic rings. The van der Waals surface area contributed by atoms with E-state index >= 15 is 0 Å². The topological polar surface area (TPSA) is 108 Å². The Kier molecular flexibility index (Phi) is 10.2. The minimum Gasteiger partial charge on any atom is -0.372 e. The van der Waals surface area contributed by atoms with Gasteiger partial charge in [0.25, 0.3) is 0 Å². The van der Waals surface area contributed by atoms with Crippen molar-refractivity contribution >= 4 is 0 Å². The van der Waals surface area contributed by atoms with E-state index in [9.17, 15) is 0 Å². The van der Waals surface area contributed by atoms with Gasteiger partial charge in [0.15, 0.2) is 11.6 Å². The van der Waals surface area contributed by atoms with Crippen LogP contribution in [-0.2, 0) is 52.1 Å². The van der Waals surface area contributed by atoms with Gasteiger partial charge >= 0.3 is 0 Å². The number of epoxide rings is 2. The van der Waals surface area contributed by atoms with Crippen LogP contribution >= 0.6 is 0 Å². The summed E-state index contributed by atoms with van der Waals surface area (Å²) in [6, 6.07) is 0. The van der Waals surface area contributed by atoms with E-state index in [1.807, 2.05) is 0 Å². The molecule has 59 heavy (non-hydrogen) atoms. The minimum absolute atomic E-state index is 0.0240. The fourth-order valence-electron chi connectivity index (χ4n) is 16.4. The maximum atomic E-state index is 6.84. The lowest BCUT2D eigenvalue weighted by Crippen LogP contribution is -2.56. The van der Waals surface area contributed by atoms with E-state index < -0.39 is 11.6 Å². The minimum atomic E-state index is -0.534. The third-order valence-corrected chi connectivity index (χ3v) is 19.6. The summed E-state index contributed by atoms with van der Waals surface area (Å²) >= 11 is 0.